The number of carbonyl (C=O) groups is 2. The van der Waals surface area contributed by atoms with E-state index in [0.717, 1.165) is 0 Å². The minimum Gasteiger partial charge on any atom is -0.494 e. The van der Waals surface area contributed by atoms with E-state index in [1.165, 1.54) is 37.4 Å². The van der Waals surface area contributed by atoms with Crippen molar-refractivity contribution in [2.45, 2.75) is 0 Å². The van der Waals surface area contributed by atoms with Crippen molar-refractivity contribution >= 4 is 33.8 Å². The number of aromatic carboxylic acids is 1. The number of fused-ring (bicyclic) bond motifs is 3. The highest BCUT2D eigenvalue weighted by Crippen LogP contribution is 2.32. The number of carbonyl (C=O) groups excluding carboxylic acids is 1. The standard InChI is InChI=1S/C20H14FN3O4/c1-28-16-5-3-9(6-13(16)21)17-12(19(22)25)8-15-18(24-17)11-4-2-10(20(26)27)7-14(11)23-15/h2-8,23H,1H3,(H2,22,25)(H,26,27). The Balaban J connectivity index is 2.00. The van der Waals surface area contributed by atoms with Gasteiger partial charge >= 0.3 is 5.97 Å². The fourth-order valence-electron chi connectivity index (χ4n) is 3.17. The summed E-state index contributed by atoms with van der Waals surface area (Å²) in [6, 6.07) is 10.4. The lowest BCUT2D eigenvalue weighted by molar-refractivity contribution is 0.0696. The number of primary amides is 1. The largest absolute Gasteiger partial charge is 0.494 e. The molecule has 0 fully saturated rings. The molecule has 0 atom stereocenters. The number of hydrogen-bond acceptors (Lipinski definition) is 4. The lowest BCUT2D eigenvalue weighted by atomic mass is 10.0. The van der Waals surface area contributed by atoms with E-state index in [1.807, 2.05) is 0 Å². The molecule has 4 aromatic rings. The molecule has 1 amide bonds. The molecule has 0 aliphatic rings. The summed E-state index contributed by atoms with van der Waals surface area (Å²) >= 11 is 0. The number of aromatic amines is 1. The highest BCUT2D eigenvalue weighted by molar-refractivity contribution is 6.10. The minimum atomic E-state index is -1.05. The third kappa shape index (κ3) is 2.71. The van der Waals surface area contributed by atoms with Crippen molar-refractivity contribution in [1.29, 1.82) is 0 Å². The predicted octanol–water partition coefficient (Wildman–Crippen LogP) is 3.33. The minimum absolute atomic E-state index is 0.0683. The van der Waals surface area contributed by atoms with Crippen LogP contribution in [0.25, 0.3) is 33.2 Å². The smallest absolute Gasteiger partial charge is 0.335 e. The zero-order valence-corrected chi connectivity index (χ0v) is 14.6. The number of rotatable bonds is 4. The van der Waals surface area contributed by atoms with Gasteiger partial charge in [0.25, 0.3) is 5.91 Å². The average Bonchev–Trinajstić information content (AvgIpc) is 3.03. The zero-order valence-electron chi connectivity index (χ0n) is 14.6. The van der Waals surface area contributed by atoms with Gasteiger partial charge in [-0.1, -0.05) is 0 Å². The van der Waals surface area contributed by atoms with Crippen LogP contribution in [0.3, 0.4) is 0 Å². The van der Waals surface area contributed by atoms with E-state index in [0.29, 0.717) is 27.5 Å². The summed E-state index contributed by atoms with van der Waals surface area (Å²) in [6.07, 6.45) is 0. The number of amides is 1. The number of methoxy groups -OCH3 is 1. The topological polar surface area (TPSA) is 118 Å². The average molecular weight is 379 g/mol. The zero-order chi connectivity index (χ0) is 20.0. The molecule has 8 heteroatoms. The maximum atomic E-state index is 14.2. The molecule has 0 unspecified atom stereocenters. The number of aromatic nitrogens is 2. The second-order valence-corrected chi connectivity index (χ2v) is 6.18. The summed E-state index contributed by atoms with van der Waals surface area (Å²) in [5.74, 6) is -2.30. The third-order valence-corrected chi connectivity index (χ3v) is 4.50. The maximum Gasteiger partial charge on any atom is 0.335 e. The number of hydrogen-bond donors (Lipinski definition) is 3. The van der Waals surface area contributed by atoms with E-state index < -0.39 is 17.7 Å². The van der Waals surface area contributed by atoms with Crippen molar-refractivity contribution in [3.05, 3.63) is 59.4 Å². The maximum absolute atomic E-state index is 14.2. The number of pyridine rings is 1. The van der Waals surface area contributed by atoms with Gasteiger partial charge in [0.05, 0.1) is 35.0 Å². The molecule has 140 valence electrons. The lowest BCUT2D eigenvalue weighted by Crippen LogP contribution is -2.13. The fraction of sp³-hybridized carbons (Fsp3) is 0.0500. The summed E-state index contributed by atoms with van der Waals surface area (Å²) in [6.45, 7) is 0. The summed E-state index contributed by atoms with van der Waals surface area (Å²) in [5, 5.41) is 9.83. The van der Waals surface area contributed by atoms with Crippen LogP contribution >= 0.6 is 0 Å². The van der Waals surface area contributed by atoms with Crippen molar-refractivity contribution in [3.8, 4) is 17.0 Å². The number of nitrogens with one attached hydrogen (secondary N) is 1. The normalized spacial score (nSPS) is 11.1. The summed E-state index contributed by atoms with van der Waals surface area (Å²) in [4.78, 5) is 30.8. The molecule has 0 spiro atoms. The van der Waals surface area contributed by atoms with Crippen molar-refractivity contribution in [1.82, 2.24) is 9.97 Å². The fourth-order valence-corrected chi connectivity index (χ4v) is 3.17. The molecule has 28 heavy (non-hydrogen) atoms. The van der Waals surface area contributed by atoms with Gasteiger partial charge in [0, 0.05) is 16.5 Å². The molecule has 0 radical (unpaired) electrons. The second kappa shape index (κ2) is 6.34. The number of nitrogens with zero attached hydrogens (tertiary/aromatic N) is 1. The summed E-state index contributed by atoms with van der Waals surface area (Å²) in [7, 11) is 1.36. The molecular formula is C20H14FN3O4. The van der Waals surface area contributed by atoms with E-state index in [9.17, 15) is 14.0 Å². The SMILES string of the molecule is COc1ccc(-c2nc3c(cc2C(N)=O)[nH]c2cc(C(=O)O)ccc23)cc1F. The van der Waals surface area contributed by atoms with Gasteiger partial charge in [0.1, 0.15) is 0 Å². The first-order chi connectivity index (χ1) is 13.4. The van der Waals surface area contributed by atoms with Crippen LogP contribution in [0.15, 0.2) is 42.5 Å². The van der Waals surface area contributed by atoms with Crippen LogP contribution in [0.5, 0.6) is 5.75 Å². The third-order valence-electron chi connectivity index (χ3n) is 4.50. The van der Waals surface area contributed by atoms with Crippen LogP contribution in [0.2, 0.25) is 0 Å². The Kier molecular flexibility index (Phi) is 3.96. The van der Waals surface area contributed by atoms with E-state index in [2.05, 4.69) is 9.97 Å². The molecule has 0 saturated heterocycles. The summed E-state index contributed by atoms with van der Waals surface area (Å²) < 4.78 is 19.1. The predicted molar refractivity (Wildman–Crippen MR) is 101 cm³/mol. The van der Waals surface area contributed by atoms with E-state index in [1.54, 1.807) is 12.1 Å². The highest BCUT2D eigenvalue weighted by atomic mass is 19.1. The summed E-state index contributed by atoms with van der Waals surface area (Å²) in [5.41, 5.74) is 7.92. The molecule has 4 rings (SSSR count). The number of halogens is 1. The van der Waals surface area contributed by atoms with Crippen LogP contribution in [0.1, 0.15) is 20.7 Å². The van der Waals surface area contributed by atoms with Crippen LogP contribution < -0.4 is 10.5 Å². The molecule has 0 aliphatic carbocycles. The first kappa shape index (κ1) is 17.5. The molecule has 7 nitrogen and oxygen atoms in total. The number of carboxylic acids is 1. The Morgan fingerprint density at radius 1 is 1.14 bits per heavy atom. The Morgan fingerprint density at radius 2 is 1.93 bits per heavy atom. The number of ether oxygens (including phenoxy) is 1. The van der Waals surface area contributed by atoms with Crippen molar-refractivity contribution in [2.75, 3.05) is 7.11 Å². The highest BCUT2D eigenvalue weighted by Gasteiger charge is 2.18. The second-order valence-electron chi connectivity index (χ2n) is 6.18. The quantitative estimate of drug-likeness (QED) is 0.503. The van der Waals surface area contributed by atoms with Gasteiger partial charge < -0.3 is 20.6 Å². The van der Waals surface area contributed by atoms with Crippen LogP contribution in [-0.2, 0) is 0 Å². The Morgan fingerprint density at radius 3 is 2.57 bits per heavy atom. The lowest BCUT2D eigenvalue weighted by Gasteiger charge is -2.09. The van der Waals surface area contributed by atoms with E-state index in [4.69, 9.17) is 15.6 Å². The first-order valence-corrected chi connectivity index (χ1v) is 8.22. The van der Waals surface area contributed by atoms with Crippen molar-refractivity contribution in [2.24, 2.45) is 5.73 Å². The molecule has 2 aromatic heterocycles. The van der Waals surface area contributed by atoms with Gasteiger partial charge in [0.2, 0.25) is 0 Å². The monoisotopic (exact) mass is 379 g/mol. The number of H-pyrrole nitrogens is 1. The van der Waals surface area contributed by atoms with Gasteiger partial charge in [-0.25, -0.2) is 14.2 Å². The van der Waals surface area contributed by atoms with E-state index in [-0.39, 0.29) is 22.6 Å². The van der Waals surface area contributed by atoms with Crippen molar-refractivity contribution in [3.63, 3.8) is 0 Å². The van der Waals surface area contributed by atoms with Gasteiger partial charge in [0.15, 0.2) is 11.6 Å². The Hall–Kier alpha value is -3.94. The van der Waals surface area contributed by atoms with Crippen LogP contribution in [0.4, 0.5) is 4.39 Å². The molecule has 2 aromatic carbocycles. The van der Waals surface area contributed by atoms with E-state index >= 15 is 0 Å². The van der Waals surface area contributed by atoms with Gasteiger partial charge in [-0.05, 0) is 42.5 Å². The van der Waals surface area contributed by atoms with Crippen molar-refractivity contribution < 1.29 is 23.8 Å². The molecular weight excluding hydrogens is 365 g/mol. The molecule has 0 bridgehead atoms. The Labute approximate surface area is 157 Å². The molecule has 4 N–H and O–H groups in total. The Bertz CT molecular complexity index is 1280. The van der Waals surface area contributed by atoms with Gasteiger partial charge in [-0.3, -0.25) is 4.79 Å². The molecule has 2 heterocycles. The first-order valence-electron chi connectivity index (χ1n) is 8.22. The number of nitrogens with two attached hydrogens (primary N) is 1. The van der Waals surface area contributed by atoms with Crippen LogP contribution in [-0.4, -0.2) is 34.1 Å². The molecule has 0 aliphatic heterocycles. The number of carboxylic acid groups (broad SMARTS) is 1. The molecule has 0 saturated carbocycles. The van der Waals surface area contributed by atoms with Crippen LogP contribution in [0, 0.1) is 5.82 Å². The van der Waals surface area contributed by atoms with Gasteiger partial charge in [-0.2, -0.15) is 0 Å². The number of benzene rings is 2. The van der Waals surface area contributed by atoms with Gasteiger partial charge in [-0.15, -0.1) is 0 Å².